The molecule has 3 heterocycles. The average Bonchev–Trinajstić information content (AvgIpc) is 2.85. The molecule has 0 aliphatic rings. The number of hydrogen-bond donors (Lipinski definition) is 1. The van der Waals surface area contributed by atoms with E-state index in [0.717, 1.165) is 10.9 Å². The zero-order valence-corrected chi connectivity index (χ0v) is 10.2. The Morgan fingerprint density at radius 2 is 2.16 bits per heavy atom. The molecule has 0 radical (unpaired) electrons. The molecule has 6 heteroatoms. The second-order valence-corrected chi connectivity index (χ2v) is 4.05. The summed E-state index contributed by atoms with van der Waals surface area (Å²) >= 11 is 0. The summed E-state index contributed by atoms with van der Waals surface area (Å²) in [6.45, 7) is 0. The van der Waals surface area contributed by atoms with Gasteiger partial charge in [-0.3, -0.25) is 0 Å². The van der Waals surface area contributed by atoms with Gasteiger partial charge in [0.25, 0.3) is 0 Å². The lowest BCUT2D eigenvalue weighted by molar-refractivity contribution is 0.402. The van der Waals surface area contributed by atoms with Crippen LogP contribution in [0.2, 0.25) is 0 Å². The minimum atomic E-state index is -0.465. The molecule has 1 N–H and O–H groups in total. The number of methoxy groups -OCH3 is 1. The van der Waals surface area contributed by atoms with Gasteiger partial charge in [0.2, 0.25) is 11.8 Å². The maximum atomic E-state index is 13.6. The maximum absolute atomic E-state index is 13.6. The SMILES string of the molecule is COc1ncnc2[nH]cc(Cc3cccnc3F)c12. The molecule has 3 aromatic heterocycles. The second kappa shape index (κ2) is 4.64. The number of nitrogens with zero attached hydrogens (tertiary/aromatic N) is 3. The van der Waals surface area contributed by atoms with Crippen LogP contribution >= 0.6 is 0 Å². The van der Waals surface area contributed by atoms with Crippen molar-refractivity contribution in [3.63, 3.8) is 0 Å². The standard InChI is InChI=1S/C13H11FN4O/c1-19-13-10-9(6-16-12(10)17-7-18-13)5-8-3-2-4-15-11(8)14/h2-4,6-7H,5H2,1H3,(H,16,17,18). The molecular weight excluding hydrogens is 247 g/mol. The smallest absolute Gasteiger partial charge is 0.226 e. The number of fused-ring (bicyclic) bond motifs is 1. The Balaban J connectivity index is 2.09. The minimum Gasteiger partial charge on any atom is -0.480 e. The molecule has 0 aliphatic heterocycles. The first-order valence-electron chi connectivity index (χ1n) is 5.74. The van der Waals surface area contributed by atoms with Crippen molar-refractivity contribution >= 4 is 11.0 Å². The van der Waals surface area contributed by atoms with E-state index in [0.29, 0.717) is 23.5 Å². The fourth-order valence-electron chi connectivity index (χ4n) is 2.05. The molecule has 96 valence electrons. The lowest BCUT2D eigenvalue weighted by atomic mass is 10.1. The van der Waals surface area contributed by atoms with Crippen LogP contribution in [0.4, 0.5) is 4.39 Å². The van der Waals surface area contributed by atoms with Crippen LogP contribution in [-0.4, -0.2) is 27.0 Å². The maximum Gasteiger partial charge on any atom is 0.226 e. The number of aromatic nitrogens is 4. The Morgan fingerprint density at radius 1 is 1.26 bits per heavy atom. The third-order valence-electron chi connectivity index (χ3n) is 2.93. The van der Waals surface area contributed by atoms with E-state index < -0.39 is 5.95 Å². The molecule has 0 unspecified atom stereocenters. The molecule has 0 atom stereocenters. The van der Waals surface area contributed by atoms with Gasteiger partial charge < -0.3 is 9.72 Å². The van der Waals surface area contributed by atoms with E-state index in [-0.39, 0.29) is 0 Å². The van der Waals surface area contributed by atoms with Crippen LogP contribution in [0.25, 0.3) is 11.0 Å². The zero-order chi connectivity index (χ0) is 13.2. The molecule has 3 rings (SSSR count). The highest BCUT2D eigenvalue weighted by atomic mass is 19.1. The van der Waals surface area contributed by atoms with Crippen molar-refractivity contribution in [2.45, 2.75) is 6.42 Å². The first kappa shape index (κ1) is 11.6. The van der Waals surface area contributed by atoms with Crippen molar-refractivity contribution in [1.82, 2.24) is 19.9 Å². The van der Waals surface area contributed by atoms with Gasteiger partial charge in [0.15, 0.2) is 0 Å². The van der Waals surface area contributed by atoms with Gasteiger partial charge in [0.05, 0.1) is 12.5 Å². The van der Waals surface area contributed by atoms with E-state index in [1.165, 1.54) is 12.5 Å². The molecule has 5 nitrogen and oxygen atoms in total. The number of H-pyrrole nitrogens is 1. The lowest BCUT2D eigenvalue weighted by Gasteiger charge is -2.03. The van der Waals surface area contributed by atoms with Crippen molar-refractivity contribution in [3.8, 4) is 5.88 Å². The summed E-state index contributed by atoms with van der Waals surface area (Å²) in [5.74, 6) is 0.0122. The molecule has 0 spiro atoms. The highest BCUT2D eigenvalue weighted by molar-refractivity contribution is 5.85. The minimum absolute atomic E-state index is 0.406. The quantitative estimate of drug-likeness (QED) is 0.731. The average molecular weight is 258 g/mol. The molecule has 0 aliphatic carbocycles. The van der Waals surface area contributed by atoms with Crippen LogP contribution in [0.1, 0.15) is 11.1 Å². The Kier molecular flexibility index (Phi) is 2.83. The number of halogens is 1. The molecule has 19 heavy (non-hydrogen) atoms. The molecule has 0 saturated carbocycles. The van der Waals surface area contributed by atoms with Crippen molar-refractivity contribution in [1.29, 1.82) is 0 Å². The summed E-state index contributed by atoms with van der Waals surface area (Å²) in [5, 5.41) is 0.772. The first-order valence-corrected chi connectivity index (χ1v) is 5.74. The van der Waals surface area contributed by atoms with Crippen LogP contribution in [0.15, 0.2) is 30.9 Å². The molecule has 0 fully saturated rings. The molecule has 0 aromatic carbocycles. The Bertz CT molecular complexity index is 725. The third-order valence-corrected chi connectivity index (χ3v) is 2.93. The fraction of sp³-hybridized carbons (Fsp3) is 0.154. The molecule has 0 amide bonds. The summed E-state index contributed by atoms with van der Waals surface area (Å²) in [4.78, 5) is 14.8. The van der Waals surface area contributed by atoms with Crippen LogP contribution in [0.3, 0.4) is 0 Å². The summed E-state index contributed by atoms with van der Waals surface area (Å²) in [7, 11) is 1.54. The van der Waals surface area contributed by atoms with Gasteiger partial charge >= 0.3 is 0 Å². The molecule has 3 aromatic rings. The largest absolute Gasteiger partial charge is 0.480 e. The molecule has 0 saturated heterocycles. The lowest BCUT2D eigenvalue weighted by Crippen LogP contribution is -1.96. The van der Waals surface area contributed by atoms with E-state index >= 15 is 0 Å². The monoisotopic (exact) mass is 258 g/mol. The highest BCUT2D eigenvalue weighted by Crippen LogP contribution is 2.26. The Labute approximate surface area is 108 Å². The van der Waals surface area contributed by atoms with Crippen LogP contribution in [0.5, 0.6) is 5.88 Å². The predicted octanol–water partition coefficient (Wildman–Crippen LogP) is 2.09. The molecule has 0 bridgehead atoms. The fourth-order valence-corrected chi connectivity index (χ4v) is 2.05. The van der Waals surface area contributed by atoms with Gasteiger partial charge in [-0.1, -0.05) is 6.07 Å². The number of rotatable bonds is 3. The van der Waals surface area contributed by atoms with Gasteiger partial charge in [-0.15, -0.1) is 0 Å². The first-order chi connectivity index (χ1) is 9.29. The number of pyridine rings is 1. The Morgan fingerprint density at radius 3 is 2.95 bits per heavy atom. The van der Waals surface area contributed by atoms with Gasteiger partial charge in [-0.05, 0) is 11.6 Å². The number of aromatic amines is 1. The van der Waals surface area contributed by atoms with E-state index in [9.17, 15) is 4.39 Å². The summed E-state index contributed by atoms with van der Waals surface area (Å²) < 4.78 is 18.8. The van der Waals surface area contributed by atoms with Crippen molar-refractivity contribution < 1.29 is 9.13 Å². The third kappa shape index (κ3) is 2.01. The van der Waals surface area contributed by atoms with Gasteiger partial charge in [0, 0.05) is 24.4 Å². The van der Waals surface area contributed by atoms with Gasteiger partial charge in [-0.25, -0.2) is 15.0 Å². The Hall–Kier alpha value is -2.50. The van der Waals surface area contributed by atoms with Gasteiger partial charge in [0.1, 0.15) is 12.0 Å². The van der Waals surface area contributed by atoms with E-state index in [4.69, 9.17) is 4.74 Å². The van der Waals surface area contributed by atoms with Crippen molar-refractivity contribution in [3.05, 3.63) is 47.9 Å². The van der Waals surface area contributed by atoms with E-state index in [1.807, 2.05) is 0 Å². The van der Waals surface area contributed by atoms with Crippen molar-refractivity contribution in [2.24, 2.45) is 0 Å². The van der Waals surface area contributed by atoms with E-state index in [1.54, 1.807) is 25.4 Å². The highest BCUT2D eigenvalue weighted by Gasteiger charge is 2.13. The van der Waals surface area contributed by atoms with Crippen LogP contribution in [-0.2, 0) is 6.42 Å². The number of nitrogens with one attached hydrogen (secondary N) is 1. The zero-order valence-electron chi connectivity index (χ0n) is 10.2. The van der Waals surface area contributed by atoms with Crippen molar-refractivity contribution in [2.75, 3.05) is 7.11 Å². The van der Waals surface area contributed by atoms with Crippen LogP contribution in [0, 0.1) is 5.95 Å². The summed E-state index contributed by atoms with van der Waals surface area (Å²) in [5.41, 5.74) is 2.07. The predicted molar refractivity (Wildman–Crippen MR) is 67.4 cm³/mol. The summed E-state index contributed by atoms with van der Waals surface area (Å²) in [6, 6.07) is 3.42. The normalized spacial score (nSPS) is 10.8. The summed E-state index contributed by atoms with van der Waals surface area (Å²) in [6.07, 6.45) is 5.04. The molecular formula is C13H11FN4O. The van der Waals surface area contributed by atoms with Gasteiger partial charge in [-0.2, -0.15) is 4.39 Å². The topological polar surface area (TPSA) is 63.7 Å². The van der Waals surface area contributed by atoms with E-state index in [2.05, 4.69) is 19.9 Å². The van der Waals surface area contributed by atoms with Crippen LogP contribution < -0.4 is 4.74 Å². The second-order valence-electron chi connectivity index (χ2n) is 4.05. The number of hydrogen-bond acceptors (Lipinski definition) is 4. The number of ether oxygens (including phenoxy) is 1.